The topological polar surface area (TPSA) is 47.0 Å². The van der Waals surface area contributed by atoms with Gasteiger partial charge in [-0.2, -0.15) is 0 Å². The third kappa shape index (κ3) is 3.36. The maximum Gasteiger partial charge on any atom is 0.221 e. The molecular formula is C12H21N3O. The van der Waals surface area contributed by atoms with Crippen molar-refractivity contribution in [2.45, 2.75) is 33.6 Å². The summed E-state index contributed by atoms with van der Waals surface area (Å²) in [6, 6.07) is 0. The zero-order valence-corrected chi connectivity index (χ0v) is 10.6. The molecule has 0 bridgehead atoms. The van der Waals surface area contributed by atoms with Crippen molar-refractivity contribution in [1.82, 2.24) is 9.97 Å². The summed E-state index contributed by atoms with van der Waals surface area (Å²) in [7, 11) is 1.85. The minimum Gasteiger partial charge on any atom is -0.477 e. The van der Waals surface area contributed by atoms with Crippen molar-refractivity contribution in [2.24, 2.45) is 5.92 Å². The molecule has 0 aliphatic rings. The van der Waals surface area contributed by atoms with Gasteiger partial charge in [-0.1, -0.05) is 20.3 Å². The summed E-state index contributed by atoms with van der Waals surface area (Å²) in [5, 5.41) is 3.02. The second-order valence-corrected chi connectivity index (χ2v) is 4.11. The molecule has 0 spiro atoms. The summed E-state index contributed by atoms with van der Waals surface area (Å²) in [5.41, 5.74) is 0.966. The molecule has 1 unspecified atom stereocenters. The number of anilines is 1. The zero-order chi connectivity index (χ0) is 12.0. The first kappa shape index (κ1) is 12.7. The van der Waals surface area contributed by atoms with Crippen molar-refractivity contribution in [2.75, 3.05) is 19.0 Å². The molecule has 16 heavy (non-hydrogen) atoms. The van der Waals surface area contributed by atoms with Gasteiger partial charge in [0.25, 0.3) is 0 Å². The normalized spacial score (nSPS) is 12.2. The lowest BCUT2D eigenvalue weighted by molar-refractivity contribution is 0.241. The van der Waals surface area contributed by atoms with Crippen LogP contribution in [0.3, 0.4) is 0 Å². The van der Waals surface area contributed by atoms with Gasteiger partial charge in [0.05, 0.1) is 12.2 Å². The fourth-order valence-corrected chi connectivity index (χ4v) is 1.63. The van der Waals surface area contributed by atoms with E-state index < -0.39 is 0 Å². The summed E-state index contributed by atoms with van der Waals surface area (Å²) < 4.78 is 5.70. The molecule has 90 valence electrons. The Morgan fingerprint density at radius 3 is 2.81 bits per heavy atom. The fourth-order valence-electron chi connectivity index (χ4n) is 1.63. The lowest BCUT2D eigenvalue weighted by atomic mass is 10.1. The molecule has 0 aromatic carbocycles. The molecule has 0 aliphatic heterocycles. The van der Waals surface area contributed by atoms with Gasteiger partial charge in [-0.25, -0.2) is 9.97 Å². The van der Waals surface area contributed by atoms with E-state index >= 15 is 0 Å². The van der Waals surface area contributed by atoms with E-state index in [1.807, 2.05) is 14.0 Å². The van der Waals surface area contributed by atoms with Crippen LogP contribution in [-0.4, -0.2) is 23.6 Å². The molecule has 0 saturated heterocycles. The predicted octanol–water partition coefficient (Wildman–Crippen LogP) is 2.64. The van der Waals surface area contributed by atoms with Gasteiger partial charge >= 0.3 is 0 Å². The Morgan fingerprint density at radius 2 is 2.19 bits per heavy atom. The molecule has 0 saturated carbocycles. The van der Waals surface area contributed by atoms with Gasteiger partial charge in [0, 0.05) is 7.05 Å². The van der Waals surface area contributed by atoms with Gasteiger partial charge < -0.3 is 10.1 Å². The maximum absolute atomic E-state index is 5.70. The first-order valence-corrected chi connectivity index (χ1v) is 5.81. The largest absolute Gasteiger partial charge is 0.477 e. The van der Waals surface area contributed by atoms with E-state index in [1.165, 1.54) is 19.2 Å². The van der Waals surface area contributed by atoms with E-state index in [2.05, 4.69) is 29.1 Å². The summed E-state index contributed by atoms with van der Waals surface area (Å²) in [6.07, 6.45) is 3.90. The molecular weight excluding hydrogens is 202 g/mol. The third-order valence-corrected chi connectivity index (χ3v) is 2.56. The number of nitrogens with zero attached hydrogens (tertiary/aromatic N) is 2. The number of aromatic nitrogens is 2. The lowest BCUT2D eigenvalue weighted by Crippen LogP contribution is -2.10. The van der Waals surface area contributed by atoms with E-state index in [0.29, 0.717) is 11.8 Å². The molecule has 0 amide bonds. The molecule has 1 aromatic heterocycles. The summed E-state index contributed by atoms with van der Waals surface area (Å²) >= 11 is 0. The summed E-state index contributed by atoms with van der Waals surface area (Å²) in [6.45, 7) is 7.06. The Labute approximate surface area is 97.5 Å². The lowest BCUT2D eigenvalue weighted by Gasteiger charge is -2.13. The van der Waals surface area contributed by atoms with Crippen molar-refractivity contribution in [3.05, 3.63) is 11.9 Å². The molecule has 4 heteroatoms. The van der Waals surface area contributed by atoms with Crippen LogP contribution in [0.1, 0.15) is 32.3 Å². The quantitative estimate of drug-likeness (QED) is 0.805. The van der Waals surface area contributed by atoms with Crippen LogP contribution < -0.4 is 10.1 Å². The Bertz CT molecular complexity index is 328. The predicted molar refractivity (Wildman–Crippen MR) is 65.9 cm³/mol. The van der Waals surface area contributed by atoms with E-state index in [0.717, 1.165) is 18.0 Å². The van der Waals surface area contributed by atoms with Gasteiger partial charge in [-0.15, -0.1) is 0 Å². The minimum absolute atomic E-state index is 0.567. The van der Waals surface area contributed by atoms with Crippen LogP contribution >= 0.6 is 0 Å². The first-order chi connectivity index (χ1) is 7.69. The average molecular weight is 223 g/mol. The SMILES string of the molecule is CCCC(C)COc1ncnc(NC)c1C. The Morgan fingerprint density at radius 1 is 1.44 bits per heavy atom. The summed E-state index contributed by atoms with van der Waals surface area (Å²) in [5.74, 6) is 2.08. The molecule has 0 fully saturated rings. The van der Waals surface area contributed by atoms with Crippen LogP contribution in [0.2, 0.25) is 0 Å². The molecule has 0 aliphatic carbocycles. The van der Waals surface area contributed by atoms with Crippen LogP contribution in [0.15, 0.2) is 6.33 Å². The zero-order valence-electron chi connectivity index (χ0n) is 10.6. The second-order valence-electron chi connectivity index (χ2n) is 4.11. The van der Waals surface area contributed by atoms with E-state index in [1.54, 1.807) is 0 Å². The van der Waals surface area contributed by atoms with Crippen molar-refractivity contribution in [3.8, 4) is 5.88 Å². The maximum atomic E-state index is 5.70. The standard InChI is InChI=1S/C12H21N3O/c1-5-6-9(2)7-16-12-10(3)11(13-4)14-8-15-12/h8-9H,5-7H2,1-4H3,(H,13,14,15). The van der Waals surface area contributed by atoms with Crippen LogP contribution in [0, 0.1) is 12.8 Å². The number of hydrogen-bond donors (Lipinski definition) is 1. The highest BCUT2D eigenvalue weighted by atomic mass is 16.5. The summed E-state index contributed by atoms with van der Waals surface area (Å²) in [4.78, 5) is 8.26. The Balaban J connectivity index is 2.60. The highest BCUT2D eigenvalue weighted by Crippen LogP contribution is 2.20. The van der Waals surface area contributed by atoms with Crippen LogP contribution in [0.4, 0.5) is 5.82 Å². The third-order valence-electron chi connectivity index (χ3n) is 2.56. The highest BCUT2D eigenvalue weighted by Gasteiger charge is 2.08. The molecule has 1 aromatic rings. The Hall–Kier alpha value is -1.32. The van der Waals surface area contributed by atoms with E-state index in [4.69, 9.17) is 4.74 Å². The van der Waals surface area contributed by atoms with Crippen LogP contribution in [-0.2, 0) is 0 Å². The van der Waals surface area contributed by atoms with Gasteiger partial charge in [-0.3, -0.25) is 0 Å². The molecule has 4 nitrogen and oxygen atoms in total. The smallest absolute Gasteiger partial charge is 0.221 e. The van der Waals surface area contributed by atoms with E-state index in [-0.39, 0.29) is 0 Å². The molecule has 1 heterocycles. The van der Waals surface area contributed by atoms with Crippen molar-refractivity contribution in [3.63, 3.8) is 0 Å². The van der Waals surface area contributed by atoms with Crippen molar-refractivity contribution < 1.29 is 4.74 Å². The van der Waals surface area contributed by atoms with Crippen molar-refractivity contribution >= 4 is 5.82 Å². The van der Waals surface area contributed by atoms with Gasteiger partial charge in [0.15, 0.2) is 0 Å². The average Bonchev–Trinajstić information content (AvgIpc) is 2.28. The van der Waals surface area contributed by atoms with Crippen LogP contribution in [0.5, 0.6) is 5.88 Å². The first-order valence-electron chi connectivity index (χ1n) is 5.81. The van der Waals surface area contributed by atoms with Gasteiger partial charge in [-0.05, 0) is 19.3 Å². The highest BCUT2D eigenvalue weighted by molar-refractivity contribution is 5.46. The molecule has 1 rings (SSSR count). The van der Waals surface area contributed by atoms with Crippen molar-refractivity contribution in [1.29, 1.82) is 0 Å². The number of ether oxygens (including phenoxy) is 1. The number of nitrogens with one attached hydrogen (secondary N) is 1. The minimum atomic E-state index is 0.567. The molecule has 1 atom stereocenters. The number of rotatable bonds is 6. The molecule has 0 radical (unpaired) electrons. The number of hydrogen-bond acceptors (Lipinski definition) is 4. The molecule has 1 N–H and O–H groups in total. The van der Waals surface area contributed by atoms with Crippen LogP contribution in [0.25, 0.3) is 0 Å². The van der Waals surface area contributed by atoms with Gasteiger partial charge in [0.2, 0.25) is 5.88 Å². The van der Waals surface area contributed by atoms with Gasteiger partial charge in [0.1, 0.15) is 12.1 Å². The second kappa shape index (κ2) is 6.30. The monoisotopic (exact) mass is 223 g/mol. The van der Waals surface area contributed by atoms with E-state index in [9.17, 15) is 0 Å². The Kier molecular flexibility index (Phi) is 5.02. The fraction of sp³-hybridized carbons (Fsp3) is 0.667.